The number of hydrogen-bond donors (Lipinski definition) is 1. The fourth-order valence-corrected chi connectivity index (χ4v) is 3.51. The maximum absolute atomic E-state index is 12.7. The number of rotatable bonds is 6. The maximum Gasteiger partial charge on any atom is 0.241 e. The smallest absolute Gasteiger partial charge is 0.241 e. The summed E-state index contributed by atoms with van der Waals surface area (Å²) in [5.74, 6) is 0.484. The highest BCUT2D eigenvalue weighted by molar-refractivity contribution is 7.10. The minimum absolute atomic E-state index is 0.0185. The van der Waals surface area contributed by atoms with Crippen molar-refractivity contribution >= 4 is 17.2 Å². The van der Waals surface area contributed by atoms with E-state index in [-0.39, 0.29) is 30.1 Å². The van der Waals surface area contributed by atoms with Gasteiger partial charge in [-0.15, -0.1) is 11.3 Å². The van der Waals surface area contributed by atoms with Gasteiger partial charge < -0.3 is 9.64 Å². The maximum atomic E-state index is 12.7. The van der Waals surface area contributed by atoms with E-state index in [0.717, 1.165) is 6.42 Å². The van der Waals surface area contributed by atoms with Crippen LogP contribution in [0, 0.1) is 5.92 Å². The van der Waals surface area contributed by atoms with Crippen LogP contribution in [0.25, 0.3) is 0 Å². The van der Waals surface area contributed by atoms with Crippen LogP contribution in [0.5, 0.6) is 0 Å². The molecule has 0 spiro atoms. The van der Waals surface area contributed by atoms with Crippen molar-refractivity contribution in [3.05, 3.63) is 22.4 Å². The summed E-state index contributed by atoms with van der Waals surface area (Å²) >= 11 is 1.69. The SMILES string of the molecule is CCC(COC)N1C(=O)C(C(C)C)NC1c1cccs1. The molecule has 20 heavy (non-hydrogen) atoms. The molecule has 0 aromatic carbocycles. The van der Waals surface area contributed by atoms with Gasteiger partial charge in [-0.3, -0.25) is 10.1 Å². The van der Waals surface area contributed by atoms with Crippen molar-refractivity contribution < 1.29 is 9.53 Å². The second-order valence-electron chi connectivity index (χ2n) is 5.57. The number of thiophene rings is 1. The number of carbonyl (C=O) groups excluding carboxylic acids is 1. The summed E-state index contributed by atoms with van der Waals surface area (Å²) in [4.78, 5) is 15.9. The molecule has 1 saturated heterocycles. The van der Waals surface area contributed by atoms with Gasteiger partial charge in [-0.05, 0) is 23.8 Å². The summed E-state index contributed by atoms with van der Waals surface area (Å²) in [6.45, 7) is 6.85. The molecule has 3 unspecified atom stereocenters. The van der Waals surface area contributed by atoms with Gasteiger partial charge in [-0.2, -0.15) is 0 Å². The molecule has 0 saturated carbocycles. The number of nitrogens with one attached hydrogen (secondary N) is 1. The predicted molar refractivity (Wildman–Crippen MR) is 81.6 cm³/mol. The molecule has 3 atom stereocenters. The first-order valence-corrected chi connectivity index (χ1v) is 8.08. The third-order valence-electron chi connectivity index (χ3n) is 3.84. The molecule has 5 heteroatoms. The Kier molecular flexibility index (Phi) is 5.18. The zero-order chi connectivity index (χ0) is 14.7. The van der Waals surface area contributed by atoms with Gasteiger partial charge in [0.05, 0.1) is 18.7 Å². The molecule has 0 aliphatic carbocycles. The van der Waals surface area contributed by atoms with E-state index >= 15 is 0 Å². The minimum Gasteiger partial charge on any atom is -0.383 e. The van der Waals surface area contributed by atoms with E-state index in [9.17, 15) is 4.79 Å². The lowest BCUT2D eigenvalue weighted by Crippen LogP contribution is -2.42. The average Bonchev–Trinajstić information content (AvgIpc) is 3.03. The minimum atomic E-state index is -0.104. The molecule has 0 radical (unpaired) electrons. The first-order valence-electron chi connectivity index (χ1n) is 7.20. The molecule has 2 rings (SSSR count). The van der Waals surface area contributed by atoms with E-state index in [1.165, 1.54) is 4.88 Å². The molecule has 2 heterocycles. The molecular weight excluding hydrogens is 272 g/mol. The number of methoxy groups -OCH3 is 1. The van der Waals surface area contributed by atoms with E-state index in [0.29, 0.717) is 6.61 Å². The number of hydrogen-bond acceptors (Lipinski definition) is 4. The van der Waals surface area contributed by atoms with Crippen LogP contribution in [-0.4, -0.2) is 36.6 Å². The molecule has 112 valence electrons. The zero-order valence-corrected chi connectivity index (χ0v) is 13.4. The van der Waals surface area contributed by atoms with Gasteiger partial charge in [-0.25, -0.2) is 0 Å². The summed E-state index contributed by atoms with van der Waals surface area (Å²) in [7, 11) is 1.69. The first-order chi connectivity index (χ1) is 9.60. The highest BCUT2D eigenvalue weighted by Crippen LogP contribution is 2.33. The van der Waals surface area contributed by atoms with E-state index in [2.05, 4.69) is 37.5 Å². The molecule has 0 bridgehead atoms. The molecule has 1 aliphatic heterocycles. The highest BCUT2D eigenvalue weighted by Gasteiger charge is 2.44. The summed E-state index contributed by atoms with van der Waals surface area (Å²) in [5.41, 5.74) is 0. The molecule has 4 nitrogen and oxygen atoms in total. The Morgan fingerprint density at radius 1 is 1.50 bits per heavy atom. The topological polar surface area (TPSA) is 41.6 Å². The van der Waals surface area contributed by atoms with Gasteiger partial charge in [0.1, 0.15) is 6.17 Å². The number of carbonyl (C=O) groups is 1. The Bertz CT molecular complexity index is 433. The quantitative estimate of drug-likeness (QED) is 0.877. The Balaban J connectivity index is 2.29. The second-order valence-corrected chi connectivity index (χ2v) is 6.55. The van der Waals surface area contributed by atoms with Gasteiger partial charge in [-0.1, -0.05) is 26.8 Å². The van der Waals surface area contributed by atoms with E-state index in [4.69, 9.17) is 4.74 Å². The van der Waals surface area contributed by atoms with Crippen LogP contribution in [0.4, 0.5) is 0 Å². The van der Waals surface area contributed by atoms with E-state index in [1.54, 1.807) is 18.4 Å². The summed E-state index contributed by atoms with van der Waals surface area (Å²) < 4.78 is 5.30. The van der Waals surface area contributed by atoms with Crippen LogP contribution < -0.4 is 5.32 Å². The van der Waals surface area contributed by atoms with Crippen LogP contribution in [0.15, 0.2) is 17.5 Å². The normalized spacial score (nSPS) is 24.6. The van der Waals surface area contributed by atoms with Crippen molar-refractivity contribution in [2.75, 3.05) is 13.7 Å². The van der Waals surface area contributed by atoms with Crippen LogP contribution in [-0.2, 0) is 9.53 Å². The fourth-order valence-electron chi connectivity index (χ4n) is 2.73. The third kappa shape index (κ3) is 2.90. The molecule has 1 N–H and O–H groups in total. The standard InChI is InChI=1S/C15H24N2O2S/c1-5-11(9-19-4)17-14(12-7-6-8-20-12)16-13(10(2)3)15(17)18/h6-8,10-11,13-14,16H,5,9H2,1-4H3. The largest absolute Gasteiger partial charge is 0.383 e. The molecule has 1 amide bonds. The lowest BCUT2D eigenvalue weighted by Gasteiger charge is -2.31. The fraction of sp³-hybridized carbons (Fsp3) is 0.667. The van der Waals surface area contributed by atoms with E-state index < -0.39 is 0 Å². The van der Waals surface area contributed by atoms with Crippen molar-refractivity contribution in [3.63, 3.8) is 0 Å². The lowest BCUT2D eigenvalue weighted by atomic mass is 10.0. The summed E-state index contributed by atoms with van der Waals surface area (Å²) in [6, 6.07) is 4.14. The monoisotopic (exact) mass is 296 g/mol. The first kappa shape index (κ1) is 15.5. The van der Waals surface area contributed by atoms with E-state index in [1.807, 2.05) is 11.0 Å². The summed E-state index contributed by atoms with van der Waals surface area (Å²) in [6.07, 6.45) is 0.878. The van der Waals surface area contributed by atoms with Gasteiger partial charge in [0.15, 0.2) is 0 Å². The van der Waals surface area contributed by atoms with Crippen LogP contribution >= 0.6 is 11.3 Å². The molecule has 1 aliphatic rings. The van der Waals surface area contributed by atoms with Crippen molar-refractivity contribution in [2.45, 2.75) is 45.4 Å². The van der Waals surface area contributed by atoms with Crippen molar-refractivity contribution in [1.82, 2.24) is 10.2 Å². The molecular formula is C15H24N2O2S. The van der Waals surface area contributed by atoms with Gasteiger partial charge in [0.2, 0.25) is 5.91 Å². The van der Waals surface area contributed by atoms with Gasteiger partial charge >= 0.3 is 0 Å². The Morgan fingerprint density at radius 3 is 2.75 bits per heavy atom. The summed E-state index contributed by atoms with van der Waals surface area (Å²) in [5, 5.41) is 5.55. The van der Waals surface area contributed by atoms with Crippen molar-refractivity contribution in [1.29, 1.82) is 0 Å². The zero-order valence-electron chi connectivity index (χ0n) is 12.6. The Hall–Kier alpha value is -0.910. The van der Waals surface area contributed by atoms with Gasteiger partial charge in [0.25, 0.3) is 0 Å². The Labute approximate surface area is 125 Å². The lowest BCUT2D eigenvalue weighted by molar-refractivity contribution is -0.134. The number of amides is 1. The van der Waals surface area contributed by atoms with Crippen molar-refractivity contribution in [2.24, 2.45) is 5.92 Å². The highest BCUT2D eigenvalue weighted by atomic mass is 32.1. The predicted octanol–water partition coefficient (Wildman–Crippen LogP) is 2.63. The van der Waals surface area contributed by atoms with Crippen molar-refractivity contribution in [3.8, 4) is 0 Å². The van der Waals surface area contributed by atoms with Crippen LogP contribution in [0.2, 0.25) is 0 Å². The Morgan fingerprint density at radius 2 is 2.25 bits per heavy atom. The number of ether oxygens (including phenoxy) is 1. The van der Waals surface area contributed by atoms with Gasteiger partial charge in [0, 0.05) is 12.0 Å². The van der Waals surface area contributed by atoms with Crippen LogP contribution in [0.3, 0.4) is 0 Å². The third-order valence-corrected chi connectivity index (χ3v) is 4.76. The molecule has 1 aromatic rings. The molecule has 1 aromatic heterocycles. The van der Waals surface area contributed by atoms with Crippen LogP contribution in [0.1, 0.15) is 38.2 Å². The second kappa shape index (κ2) is 6.70. The average molecular weight is 296 g/mol. The molecule has 1 fully saturated rings. The number of nitrogens with zero attached hydrogens (tertiary/aromatic N) is 1.